The third-order valence-electron chi connectivity index (χ3n) is 7.51. The number of fused-ring (bicyclic) bond motifs is 2. The van der Waals surface area contributed by atoms with Gasteiger partial charge in [0.25, 0.3) is 5.56 Å². The van der Waals surface area contributed by atoms with Crippen molar-refractivity contribution < 1.29 is 4.39 Å². The highest BCUT2D eigenvalue weighted by molar-refractivity contribution is 6.31. The molecule has 3 aromatic heterocycles. The number of piperidine rings is 1. The Bertz CT molecular complexity index is 1840. The van der Waals surface area contributed by atoms with E-state index in [1.165, 1.54) is 27.3 Å². The smallest absolute Gasteiger partial charge is 0.331 e. The molecular formula is C29H28ClFN6O2. The summed E-state index contributed by atoms with van der Waals surface area (Å²) in [5.74, 6) is 0.328. The molecule has 6 rings (SSSR count). The summed E-state index contributed by atoms with van der Waals surface area (Å²) in [6.45, 7) is 1.53. The fraction of sp³-hybridized carbons (Fsp3) is 0.276. The average Bonchev–Trinajstić information content (AvgIpc) is 3.31. The van der Waals surface area contributed by atoms with Crippen LogP contribution < -0.4 is 21.9 Å². The predicted octanol–water partition coefficient (Wildman–Crippen LogP) is 3.87. The number of hydrogen-bond donors (Lipinski definition) is 1. The molecule has 0 spiro atoms. The number of aryl methyl sites for hydroxylation is 1. The maximum atomic E-state index is 14.2. The van der Waals surface area contributed by atoms with Crippen molar-refractivity contribution in [2.24, 2.45) is 12.8 Å². The SMILES string of the molecule is Cn1c(=O)n(Cc2cc3ccccc3cn2)c(=O)c2c1cc(N1CCC[C@@H](N)C1)n2Cc1cc(F)ccc1Cl. The molecule has 0 bridgehead atoms. The zero-order chi connectivity index (χ0) is 27.3. The van der Waals surface area contributed by atoms with Gasteiger partial charge in [0.05, 0.1) is 24.3 Å². The standard InChI is InChI=1S/C29H28ClFN6O2/c1-34-25-13-26(35-10-4-7-22(32)16-35)36(15-20-11-21(31)8-9-24(20)30)27(25)28(38)37(29(34)39)17-23-12-18-5-2-3-6-19(18)14-33-23/h2-3,5-6,8-9,11-14,22H,4,7,10,15-17,32H2,1H3/t22-/m1/s1. The van der Waals surface area contributed by atoms with Gasteiger partial charge in [0.1, 0.15) is 17.2 Å². The quantitative estimate of drug-likeness (QED) is 0.361. The van der Waals surface area contributed by atoms with Gasteiger partial charge in [-0.2, -0.15) is 0 Å². The lowest BCUT2D eigenvalue weighted by Gasteiger charge is -2.33. The lowest BCUT2D eigenvalue weighted by molar-refractivity contribution is 0.498. The van der Waals surface area contributed by atoms with Gasteiger partial charge in [-0.05, 0) is 48.1 Å². The molecule has 0 aliphatic carbocycles. The summed E-state index contributed by atoms with van der Waals surface area (Å²) in [7, 11) is 1.65. The molecule has 1 atom stereocenters. The van der Waals surface area contributed by atoms with E-state index in [1.807, 2.05) is 41.0 Å². The third kappa shape index (κ3) is 4.62. The molecule has 10 heteroatoms. The van der Waals surface area contributed by atoms with Gasteiger partial charge in [-0.25, -0.2) is 9.18 Å². The number of anilines is 1. The topological polar surface area (TPSA) is 91.1 Å². The van der Waals surface area contributed by atoms with E-state index in [-0.39, 0.29) is 19.1 Å². The molecule has 1 fully saturated rings. The van der Waals surface area contributed by atoms with Crippen LogP contribution >= 0.6 is 11.6 Å². The Morgan fingerprint density at radius 3 is 2.64 bits per heavy atom. The van der Waals surface area contributed by atoms with Crippen LogP contribution in [0.25, 0.3) is 21.8 Å². The van der Waals surface area contributed by atoms with Gasteiger partial charge < -0.3 is 15.2 Å². The minimum Gasteiger partial charge on any atom is -0.356 e. The van der Waals surface area contributed by atoms with Crippen LogP contribution in [-0.2, 0) is 20.1 Å². The molecule has 0 unspecified atom stereocenters. The molecule has 200 valence electrons. The molecular weight excluding hydrogens is 519 g/mol. The molecule has 1 saturated heterocycles. The summed E-state index contributed by atoms with van der Waals surface area (Å²) in [5, 5.41) is 2.34. The van der Waals surface area contributed by atoms with E-state index in [1.54, 1.807) is 13.2 Å². The molecule has 39 heavy (non-hydrogen) atoms. The summed E-state index contributed by atoms with van der Waals surface area (Å²) >= 11 is 6.45. The van der Waals surface area contributed by atoms with Crippen molar-refractivity contribution in [1.82, 2.24) is 18.7 Å². The first kappa shape index (κ1) is 25.3. The van der Waals surface area contributed by atoms with Gasteiger partial charge in [-0.1, -0.05) is 35.9 Å². The molecule has 1 aliphatic heterocycles. The Kier molecular flexibility index (Phi) is 6.48. The number of benzene rings is 2. The average molecular weight is 547 g/mol. The summed E-state index contributed by atoms with van der Waals surface area (Å²) in [4.78, 5) is 34.1. The van der Waals surface area contributed by atoms with Crippen molar-refractivity contribution in [2.75, 3.05) is 18.0 Å². The highest BCUT2D eigenvalue weighted by Crippen LogP contribution is 2.29. The zero-order valence-electron chi connectivity index (χ0n) is 21.5. The second kappa shape index (κ2) is 9.98. The molecule has 2 N–H and O–H groups in total. The van der Waals surface area contributed by atoms with Crippen LogP contribution in [0.3, 0.4) is 0 Å². The molecule has 4 heterocycles. The number of nitrogens with zero attached hydrogens (tertiary/aromatic N) is 5. The fourth-order valence-corrected chi connectivity index (χ4v) is 5.67. The van der Waals surface area contributed by atoms with E-state index in [0.717, 1.165) is 36.0 Å². The van der Waals surface area contributed by atoms with Crippen molar-refractivity contribution in [3.05, 3.63) is 104 Å². The second-order valence-corrected chi connectivity index (χ2v) is 10.6. The lowest BCUT2D eigenvalue weighted by Crippen LogP contribution is -2.43. The maximum Gasteiger partial charge on any atom is 0.331 e. The Morgan fingerprint density at radius 1 is 1.05 bits per heavy atom. The number of aromatic nitrogens is 4. The summed E-state index contributed by atoms with van der Waals surface area (Å²) < 4.78 is 18.7. The first-order valence-corrected chi connectivity index (χ1v) is 13.3. The normalized spacial score (nSPS) is 15.9. The maximum absolute atomic E-state index is 14.2. The van der Waals surface area contributed by atoms with E-state index >= 15 is 0 Å². The van der Waals surface area contributed by atoms with Crippen LogP contribution in [0.1, 0.15) is 24.1 Å². The van der Waals surface area contributed by atoms with Crippen LogP contribution in [0.15, 0.2) is 70.4 Å². The highest BCUT2D eigenvalue weighted by Gasteiger charge is 2.25. The molecule has 0 radical (unpaired) electrons. The molecule has 0 saturated carbocycles. The Morgan fingerprint density at radius 2 is 1.85 bits per heavy atom. The van der Waals surface area contributed by atoms with E-state index in [9.17, 15) is 14.0 Å². The first-order valence-electron chi connectivity index (χ1n) is 12.9. The summed E-state index contributed by atoms with van der Waals surface area (Å²) in [5.41, 5.74) is 7.37. The monoisotopic (exact) mass is 546 g/mol. The number of nitrogens with two attached hydrogens (primary N) is 1. The number of halogens is 2. The van der Waals surface area contributed by atoms with Gasteiger partial charge in [-0.15, -0.1) is 0 Å². The van der Waals surface area contributed by atoms with Crippen molar-refractivity contribution in [3.8, 4) is 0 Å². The molecule has 2 aromatic carbocycles. The number of rotatable bonds is 5. The minimum atomic E-state index is -0.442. The van der Waals surface area contributed by atoms with Crippen LogP contribution in [0.4, 0.5) is 10.2 Å². The van der Waals surface area contributed by atoms with Crippen molar-refractivity contribution in [1.29, 1.82) is 0 Å². The van der Waals surface area contributed by atoms with Gasteiger partial charge in [-0.3, -0.25) is 18.9 Å². The van der Waals surface area contributed by atoms with E-state index in [0.29, 0.717) is 33.9 Å². The summed E-state index contributed by atoms with van der Waals surface area (Å²) in [6.07, 6.45) is 3.56. The van der Waals surface area contributed by atoms with Crippen molar-refractivity contribution in [3.63, 3.8) is 0 Å². The molecule has 8 nitrogen and oxygen atoms in total. The van der Waals surface area contributed by atoms with Crippen molar-refractivity contribution >= 4 is 39.2 Å². The van der Waals surface area contributed by atoms with Crippen LogP contribution in [0.5, 0.6) is 0 Å². The van der Waals surface area contributed by atoms with E-state index in [2.05, 4.69) is 9.88 Å². The van der Waals surface area contributed by atoms with E-state index in [4.69, 9.17) is 17.3 Å². The molecule has 5 aromatic rings. The number of pyridine rings is 1. The summed E-state index contributed by atoms with van der Waals surface area (Å²) in [6, 6.07) is 15.7. The van der Waals surface area contributed by atoms with E-state index < -0.39 is 17.1 Å². The van der Waals surface area contributed by atoms with Gasteiger partial charge >= 0.3 is 5.69 Å². The molecule has 0 amide bonds. The largest absolute Gasteiger partial charge is 0.356 e. The van der Waals surface area contributed by atoms with Gasteiger partial charge in [0.2, 0.25) is 0 Å². The Balaban J connectivity index is 1.54. The highest BCUT2D eigenvalue weighted by atomic mass is 35.5. The van der Waals surface area contributed by atoms with Gasteiger partial charge in [0, 0.05) is 48.9 Å². The van der Waals surface area contributed by atoms with Crippen LogP contribution in [0, 0.1) is 5.82 Å². The third-order valence-corrected chi connectivity index (χ3v) is 7.88. The van der Waals surface area contributed by atoms with Crippen molar-refractivity contribution in [2.45, 2.75) is 32.0 Å². The zero-order valence-corrected chi connectivity index (χ0v) is 22.2. The first-order chi connectivity index (χ1) is 18.8. The number of hydrogen-bond acceptors (Lipinski definition) is 5. The van der Waals surface area contributed by atoms with Crippen LogP contribution in [0.2, 0.25) is 5.02 Å². The van der Waals surface area contributed by atoms with Crippen LogP contribution in [-0.4, -0.2) is 37.8 Å². The predicted molar refractivity (Wildman–Crippen MR) is 152 cm³/mol. The minimum absolute atomic E-state index is 0.0116. The Labute approximate surface area is 228 Å². The fourth-order valence-electron chi connectivity index (χ4n) is 5.49. The lowest BCUT2D eigenvalue weighted by atomic mass is 10.1. The Hall–Kier alpha value is -3.95. The second-order valence-electron chi connectivity index (χ2n) is 10.2. The van der Waals surface area contributed by atoms with Gasteiger partial charge in [0.15, 0.2) is 0 Å². The molecule has 1 aliphatic rings.